The Labute approximate surface area is 135 Å². The van der Waals surface area contributed by atoms with Crippen molar-refractivity contribution in [3.05, 3.63) is 0 Å². The van der Waals surface area contributed by atoms with Gasteiger partial charge in [0.2, 0.25) is 0 Å². The van der Waals surface area contributed by atoms with E-state index in [0.29, 0.717) is 21.3 Å². The van der Waals surface area contributed by atoms with Gasteiger partial charge in [-0.3, -0.25) is 0 Å². The molecule has 0 saturated carbocycles. The first kappa shape index (κ1) is 17.5. The molecule has 0 aromatic rings. The van der Waals surface area contributed by atoms with Crippen LogP contribution in [-0.4, -0.2) is 14.6 Å². The third-order valence-electron chi connectivity index (χ3n) is 7.23. The predicted molar refractivity (Wildman–Crippen MR) is 101 cm³/mol. The van der Waals surface area contributed by atoms with Crippen LogP contribution in [0.3, 0.4) is 0 Å². The molecule has 2 unspecified atom stereocenters. The Morgan fingerprint density at radius 3 is 1.95 bits per heavy atom. The molecule has 2 bridgehead atoms. The lowest BCUT2D eigenvalue weighted by atomic mass is 9.20. The largest absolute Gasteiger partial charge is 0.135 e. The van der Waals surface area contributed by atoms with E-state index in [-0.39, 0.29) is 0 Å². The van der Waals surface area contributed by atoms with Crippen LogP contribution in [-0.2, 0) is 0 Å². The van der Waals surface area contributed by atoms with Gasteiger partial charge in [0.1, 0.15) is 14.6 Å². The Morgan fingerprint density at radius 2 is 1.38 bits per heavy atom. The van der Waals surface area contributed by atoms with Crippen LogP contribution in [0.2, 0.25) is 21.3 Å². The summed E-state index contributed by atoms with van der Waals surface area (Å²) in [4.78, 5) is 0. The minimum absolute atomic E-state index is 0.447. The molecule has 0 aliphatic carbocycles. The maximum atomic E-state index is 2.60. The summed E-state index contributed by atoms with van der Waals surface area (Å²) in [7, 11) is 2.88. The van der Waals surface area contributed by atoms with Crippen LogP contribution in [0, 0.1) is 5.92 Å². The van der Waals surface area contributed by atoms with Crippen molar-refractivity contribution in [3.8, 4) is 0 Å². The Bertz CT molecular complexity index is 366. The van der Waals surface area contributed by atoms with Gasteiger partial charge in [0.25, 0.3) is 0 Å². The van der Waals surface area contributed by atoms with Gasteiger partial charge in [-0.1, -0.05) is 115 Å². The molecule has 2 atom stereocenters. The second-order valence-corrected chi connectivity index (χ2v) is 10.7. The Hall–Kier alpha value is 0.130. The highest BCUT2D eigenvalue weighted by Crippen LogP contribution is 2.69. The molecule has 2 saturated heterocycles. The molecule has 0 N–H and O–H groups in total. The lowest BCUT2D eigenvalue weighted by molar-refractivity contribution is 0.276. The highest BCUT2D eigenvalue weighted by atomic mass is 14.5. The molecule has 0 spiro atoms. The van der Waals surface area contributed by atoms with Crippen molar-refractivity contribution in [2.45, 2.75) is 115 Å². The van der Waals surface area contributed by atoms with Gasteiger partial charge in [0.15, 0.2) is 0 Å². The molecule has 0 aromatic carbocycles. The average Bonchev–Trinajstić information content (AvgIpc) is 2.45. The summed E-state index contributed by atoms with van der Waals surface area (Å²) in [5.41, 5.74) is 0. The van der Waals surface area contributed by atoms with Gasteiger partial charge in [-0.15, -0.1) is 0 Å². The second-order valence-electron chi connectivity index (χ2n) is 10.7. The summed E-state index contributed by atoms with van der Waals surface area (Å²) >= 11 is 0. The van der Waals surface area contributed by atoms with E-state index >= 15 is 0 Å². The van der Waals surface area contributed by atoms with Crippen molar-refractivity contribution in [2.24, 2.45) is 5.92 Å². The molecular weight excluding hydrogens is 250 g/mol. The molecule has 0 radical (unpaired) electrons. The normalized spacial score (nSPS) is 34.3. The zero-order valence-electron chi connectivity index (χ0n) is 15.9. The first-order valence-corrected chi connectivity index (χ1v) is 9.52. The molecule has 2 rings (SSSR count). The van der Waals surface area contributed by atoms with Gasteiger partial charge in [-0.25, -0.2) is 0 Å². The monoisotopic (exact) mass is 288 g/mol. The van der Waals surface area contributed by atoms with Crippen molar-refractivity contribution in [1.82, 2.24) is 0 Å². The molecule has 2 heterocycles. The summed E-state index contributed by atoms with van der Waals surface area (Å²) in [6.45, 7) is 17.5. The zero-order valence-corrected chi connectivity index (χ0v) is 15.9. The van der Waals surface area contributed by atoms with Gasteiger partial charge in [-0.05, 0) is 5.92 Å². The molecule has 21 heavy (non-hydrogen) atoms. The maximum Gasteiger partial charge on any atom is 0.135 e. The van der Waals surface area contributed by atoms with Crippen LogP contribution in [0.5, 0.6) is 0 Å². The highest BCUT2D eigenvalue weighted by molar-refractivity contribution is 6.52. The van der Waals surface area contributed by atoms with Crippen molar-refractivity contribution in [3.63, 3.8) is 0 Å². The lowest BCUT2D eigenvalue weighted by Gasteiger charge is -2.56. The Balaban J connectivity index is 2.34. The molecule has 0 aromatic heterocycles. The van der Waals surface area contributed by atoms with Gasteiger partial charge in [-0.2, -0.15) is 0 Å². The summed E-state index contributed by atoms with van der Waals surface area (Å²) in [6, 6.07) is 0. The molecule has 0 nitrogen and oxygen atoms in total. The number of rotatable bonds is 3. The van der Waals surface area contributed by atoms with Crippen molar-refractivity contribution in [2.75, 3.05) is 0 Å². The standard InChI is InChI=1S/C19H38B2/c1-15(2)18-11-8-9-13-19(21-18,14-10-12-18)17(6,7)20-16(3,4)5/h15,20-21H,8-14H2,1-7H3. The van der Waals surface area contributed by atoms with E-state index in [9.17, 15) is 0 Å². The van der Waals surface area contributed by atoms with Crippen LogP contribution in [0.15, 0.2) is 0 Å². The van der Waals surface area contributed by atoms with Crippen LogP contribution < -0.4 is 0 Å². The van der Waals surface area contributed by atoms with Gasteiger partial charge >= 0.3 is 0 Å². The van der Waals surface area contributed by atoms with E-state index < -0.39 is 0 Å². The minimum atomic E-state index is 0.447. The third kappa shape index (κ3) is 3.40. The first-order valence-electron chi connectivity index (χ1n) is 9.52. The molecule has 120 valence electrons. The smallest absolute Gasteiger partial charge is 0.0671 e. The van der Waals surface area contributed by atoms with Crippen LogP contribution in [0.25, 0.3) is 0 Å². The maximum absolute atomic E-state index is 2.60. The fraction of sp³-hybridized carbons (Fsp3) is 1.00. The first-order chi connectivity index (χ1) is 9.52. The summed E-state index contributed by atoms with van der Waals surface area (Å²) < 4.78 is 0. The molecule has 2 fully saturated rings. The molecule has 0 amide bonds. The fourth-order valence-electron chi connectivity index (χ4n) is 6.21. The highest BCUT2D eigenvalue weighted by Gasteiger charge is 2.55. The molecular formula is C19H38B2. The van der Waals surface area contributed by atoms with E-state index in [4.69, 9.17) is 0 Å². The van der Waals surface area contributed by atoms with Crippen molar-refractivity contribution >= 4 is 14.6 Å². The van der Waals surface area contributed by atoms with Crippen LogP contribution >= 0.6 is 0 Å². The summed E-state index contributed by atoms with van der Waals surface area (Å²) in [5.74, 6) is 0.862. The molecule has 2 aliphatic heterocycles. The van der Waals surface area contributed by atoms with E-state index in [2.05, 4.69) is 48.5 Å². The van der Waals surface area contributed by atoms with E-state index in [1.54, 1.807) is 0 Å². The number of hydrogen-bond acceptors (Lipinski definition) is 0. The van der Waals surface area contributed by atoms with Gasteiger partial charge < -0.3 is 0 Å². The topological polar surface area (TPSA) is 0 Å². The Morgan fingerprint density at radius 1 is 0.857 bits per heavy atom. The quantitative estimate of drug-likeness (QED) is 0.558. The zero-order chi connectivity index (χ0) is 15.9. The SMILES string of the molecule is CC(C)C12BC(C(C)(C)BC(C)(C)C)(CCCC1)CCC2. The van der Waals surface area contributed by atoms with Crippen LogP contribution in [0.1, 0.15) is 93.4 Å². The average molecular weight is 288 g/mol. The second kappa shape index (κ2) is 5.64. The summed E-state index contributed by atoms with van der Waals surface area (Å²) in [5, 5.41) is 2.20. The fourth-order valence-corrected chi connectivity index (χ4v) is 6.21. The van der Waals surface area contributed by atoms with Crippen LogP contribution in [0.4, 0.5) is 0 Å². The predicted octanol–water partition coefficient (Wildman–Crippen LogP) is 6.01. The minimum Gasteiger partial charge on any atom is -0.0671 e. The van der Waals surface area contributed by atoms with Gasteiger partial charge in [0, 0.05) is 0 Å². The van der Waals surface area contributed by atoms with E-state index in [0.717, 1.165) is 5.92 Å². The van der Waals surface area contributed by atoms with Crippen molar-refractivity contribution in [1.29, 1.82) is 0 Å². The van der Waals surface area contributed by atoms with Gasteiger partial charge in [0.05, 0.1) is 0 Å². The van der Waals surface area contributed by atoms with Crippen molar-refractivity contribution < 1.29 is 0 Å². The third-order valence-corrected chi connectivity index (χ3v) is 7.23. The number of hydrogen-bond donors (Lipinski definition) is 0. The molecule has 2 heteroatoms. The van der Waals surface area contributed by atoms with E-state index in [1.165, 1.54) is 59.5 Å². The van der Waals surface area contributed by atoms with E-state index in [1.807, 2.05) is 0 Å². The summed E-state index contributed by atoms with van der Waals surface area (Å²) in [6.07, 6.45) is 10.4. The number of fused-ring (bicyclic) bond motifs is 2. The molecule has 2 aliphatic rings. The lowest BCUT2D eigenvalue weighted by Crippen LogP contribution is -2.45. The Kier molecular flexibility index (Phi) is 4.70.